The molecule has 0 spiro atoms. The smallest absolute Gasteiger partial charge is 0.279 e. The molecular formula is C15H25NO4. The first-order chi connectivity index (χ1) is 9.49. The second kappa shape index (κ2) is 6.20. The molecule has 1 N–H and O–H groups in total. The predicted octanol–water partition coefficient (Wildman–Crippen LogP) is 2.72. The van der Waals surface area contributed by atoms with E-state index in [1.54, 1.807) is 0 Å². The first kappa shape index (κ1) is 15.4. The number of aliphatic hydroxyl groups excluding tert-OH is 1. The normalized spacial score (nSPS) is 39.9. The highest BCUT2D eigenvalue weighted by Crippen LogP contribution is 2.41. The van der Waals surface area contributed by atoms with Gasteiger partial charge in [-0.1, -0.05) is 39.0 Å². The summed E-state index contributed by atoms with van der Waals surface area (Å²) in [6, 6.07) is 0. The first-order valence-corrected chi connectivity index (χ1v) is 7.86. The van der Waals surface area contributed by atoms with Gasteiger partial charge in [-0.05, 0) is 18.8 Å². The van der Waals surface area contributed by atoms with E-state index in [1.807, 2.05) is 6.92 Å². The van der Waals surface area contributed by atoms with Gasteiger partial charge in [0.05, 0.1) is 12.0 Å². The third-order valence-corrected chi connectivity index (χ3v) is 5.16. The van der Waals surface area contributed by atoms with Crippen LogP contribution >= 0.6 is 0 Å². The van der Waals surface area contributed by atoms with Crippen molar-refractivity contribution in [3.8, 4) is 0 Å². The van der Waals surface area contributed by atoms with Gasteiger partial charge in [0, 0.05) is 17.8 Å². The van der Waals surface area contributed by atoms with Crippen LogP contribution in [0.5, 0.6) is 0 Å². The number of nitro groups is 1. The zero-order chi connectivity index (χ0) is 14.8. The first-order valence-electron chi connectivity index (χ1n) is 7.86. The lowest BCUT2D eigenvalue weighted by Gasteiger charge is -2.39. The van der Waals surface area contributed by atoms with E-state index in [4.69, 9.17) is 0 Å². The molecule has 2 saturated carbocycles. The van der Waals surface area contributed by atoms with Gasteiger partial charge in [-0.2, -0.15) is 0 Å². The number of Topliss-reactive ketones (excluding diaryl/α,β-unsaturated/α-hetero) is 1. The van der Waals surface area contributed by atoms with Crippen LogP contribution < -0.4 is 0 Å². The van der Waals surface area contributed by atoms with Crippen molar-refractivity contribution in [1.82, 2.24) is 0 Å². The van der Waals surface area contributed by atoms with Crippen LogP contribution in [0.15, 0.2) is 0 Å². The predicted molar refractivity (Wildman–Crippen MR) is 74.9 cm³/mol. The molecule has 0 heterocycles. The number of carbonyl (C=O) groups excluding carboxylic acids is 1. The Kier molecular flexibility index (Phi) is 4.78. The number of hydrogen-bond acceptors (Lipinski definition) is 4. The van der Waals surface area contributed by atoms with E-state index >= 15 is 0 Å². The van der Waals surface area contributed by atoms with Crippen molar-refractivity contribution in [3.05, 3.63) is 10.1 Å². The van der Waals surface area contributed by atoms with Crippen LogP contribution in [0, 0.1) is 22.0 Å². The molecule has 2 aliphatic rings. The maximum atomic E-state index is 12.7. The number of rotatable bonds is 1. The van der Waals surface area contributed by atoms with Crippen LogP contribution in [0.3, 0.4) is 0 Å². The molecular weight excluding hydrogens is 258 g/mol. The van der Waals surface area contributed by atoms with Crippen molar-refractivity contribution in [2.45, 2.75) is 76.4 Å². The Hall–Kier alpha value is -0.970. The van der Waals surface area contributed by atoms with Gasteiger partial charge in [-0.15, -0.1) is 0 Å². The number of ketones is 1. The maximum absolute atomic E-state index is 12.7. The highest BCUT2D eigenvalue weighted by Gasteiger charge is 2.58. The summed E-state index contributed by atoms with van der Waals surface area (Å²) in [6.45, 7) is 1.84. The molecule has 0 aromatic carbocycles. The third-order valence-electron chi connectivity index (χ3n) is 5.16. The summed E-state index contributed by atoms with van der Waals surface area (Å²) >= 11 is 0. The lowest BCUT2D eigenvalue weighted by atomic mass is 9.65. The molecule has 2 aliphatic carbocycles. The summed E-state index contributed by atoms with van der Waals surface area (Å²) in [5.41, 5.74) is -1.44. The van der Waals surface area contributed by atoms with Crippen molar-refractivity contribution in [2.75, 3.05) is 0 Å². The van der Waals surface area contributed by atoms with Gasteiger partial charge in [0.15, 0.2) is 0 Å². The van der Waals surface area contributed by atoms with E-state index in [0.29, 0.717) is 12.8 Å². The second-order valence-corrected chi connectivity index (χ2v) is 6.59. The van der Waals surface area contributed by atoms with Gasteiger partial charge in [0.2, 0.25) is 5.78 Å². The van der Waals surface area contributed by atoms with E-state index in [2.05, 4.69) is 0 Å². The largest absolute Gasteiger partial charge is 0.392 e. The van der Waals surface area contributed by atoms with Crippen molar-refractivity contribution in [1.29, 1.82) is 0 Å². The number of fused-ring (bicyclic) bond motifs is 2. The van der Waals surface area contributed by atoms with Crippen LogP contribution in [0.25, 0.3) is 0 Å². The molecule has 20 heavy (non-hydrogen) atoms. The van der Waals surface area contributed by atoms with Crippen LogP contribution in [0.2, 0.25) is 0 Å². The number of carbonyl (C=O) groups is 1. The number of nitrogens with zero attached hydrogens (tertiary/aromatic N) is 1. The number of aliphatic hydroxyl groups is 1. The molecule has 0 radical (unpaired) electrons. The average Bonchev–Trinajstić information content (AvgIpc) is 2.42. The Morgan fingerprint density at radius 1 is 1.20 bits per heavy atom. The fourth-order valence-corrected chi connectivity index (χ4v) is 3.92. The fourth-order valence-electron chi connectivity index (χ4n) is 3.92. The Morgan fingerprint density at radius 2 is 1.80 bits per heavy atom. The van der Waals surface area contributed by atoms with Crippen LogP contribution in [0.4, 0.5) is 0 Å². The van der Waals surface area contributed by atoms with E-state index < -0.39 is 17.6 Å². The fraction of sp³-hybridized carbons (Fsp3) is 0.933. The van der Waals surface area contributed by atoms with Gasteiger partial charge >= 0.3 is 0 Å². The molecule has 2 bridgehead atoms. The Labute approximate surface area is 119 Å². The molecule has 2 fully saturated rings. The molecule has 0 unspecified atom stereocenters. The molecule has 114 valence electrons. The zero-order valence-electron chi connectivity index (χ0n) is 12.2. The van der Waals surface area contributed by atoms with Gasteiger partial charge in [0.1, 0.15) is 0 Å². The molecule has 0 aromatic rings. The molecule has 0 aromatic heterocycles. The van der Waals surface area contributed by atoms with Crippen molar-refractivity contribution in [3.63, 3.8) is 0 Å². The molecule has 0 saturated heterocycles. The molecule has 2 rings (SSSR count). The number of hydrogen-bond donors (Lipinski definition) is 1. The lowest BCUT2D eigenvalue weighted by molar-refractivity contribution is -0.559. The van der Waals surface area contributed by atoms with Gasteiger partial charge < -0.3 is 5.11 Å². The van der Waals surface area contributed by atoms with Gasteiger partial charge in [-0.3, -0.25) is 14.9 Å². The van der Waals surface area contributed by atoms with E-state index in [0.717, 1.165) is 38.5 Å². The van der Waals surface area contributed by atoms with Crippen molar-refractivity contribution >= 4 is 5.78 Å². The topological polar surface area (TPSA) is 80.4 Å². The summed E-state index contributed by atoms with van der Waals surface area (Å²) in [6.07, 6.45) is 6.26. The molecule has 4 atom stereocenters. The summed E-state index contributed by atoms with van der Waals surface area (Å²) in [7, 11) is 0. The van der Waals surface area contributed by atoms with Crippen LogP contribution in [-0.4, -0.2) is 27.5 Å². The van der Waals surface area contributed by atoms with Crippen LogP contribution in [-0.2, 0) is 4.79 Å². The maximum Gasteiger partial charge on any atom is 0.279 e. The van der Waals surface area contributed by atoms with Gasteiger partial charge in [-0.25, -0.2) is 0 Å². The van der Waals surface area contributed by atoms with Crippen molar-refractivity contribution in [2.24, 2.45) is 11.8 Å². The lowest BCUT2D eigenvalue weighted by Crippen LogP contribution is -2.58. The highest BCUT2D eigenvalue weighted by atomic mass is 16.6. The molecule has 0 amide bonds. The molecule has 5 heteroatoms. The summed E-state index contributed by atoms with van der Waals surface area (Å²) in [5.74, 6) is -1.03. The van der Waals surface area contributed by atoms with Crippen LogP contribution in [0.1, 0.15) is 64.7 Å². The van der Waals surface area contributed by atoms with E-state index in [9.17, 15) is 20.0 Å². The highest BCUT2D eigenvalue weighted by molar-refractivity contribution is 5.90. The minimum atomic E-state index is -1.44. The Bertz CT molecular complexity index is 384. The van der Waals surface area contributed by atoms with E-state index in [-0.39, 0.29) is 23.0 Å². The quantitative estimate of drug-likeness (QED) is 0.592. The van der Waals surface area contributed by atoms with Gasteiger partial charge in [0.25, 0.3) is 5.54 Å². The molecule has 5 nitrogen and oxygen atoms in total. The zero-order valence-corrected chi connectivity index (χ0v) is 12.2. The second-order valence-electron chi connectivity index (χ2n) is 6.59. The van der Waals surface area contributed by atoms with E-state index in [1.165, 1.54) is 0 Å². The summed E-state index contributed by atoms with van der Waals surface area (Å²) in [4.78, 5) is 23.9. The Balaban J connectivity index is 2.32. The molecule has 0 aliphatic heterocycles. The summed E-state index contributed by atoms with van der Waals surface area (Å²) in [5, 5.41) is 21.9. The SMILES string of the molecule is C[C@@H]1C[C@]2([N+](=O)[O-])CCCCCCCC[C@H](C2=O)[C@H]1O. The monoisotopic (exact) mass is 283 g/mol. The minimum Gasteiger partial charge on any atom is -0.392 e. The average molecular weight is 283 g/mol. The van der Waals surface area contributed by atoms with Crippen molar-refractivity contribution < 1.29 is 14.8 Å². The summed E-state index contributed by atoms with van der Waals surface area (Å²) < 4.78 is 0. The standard InChI is InChI=1S/C15H25NO4/c1-11-10-15(16(19)20)9-7-5-3-2-4-6-8-12(13(11)17)14(15)18/h11-13,17H,2-10H2,1H3/t11-,12+,13+,15-/m1/s1. The third kappa shape index (κ3) is 2.73. The minimum absolute atomic E-state index is 0.177. The Morgan fingerprint density at radius 3 is 2.45 bits per heavy atom.